The Morgan fingerprint density at radius 1 is 1.26 bits per heavy atom. The van der Waals surface area contributed by atoms with Crippen molar-refractivity contribution in [1.82, 2.24) is 20.2 Å². The molecule has 0 aliphatic rings. The van der Waals surface area contributed by atoms with E-state index in [0.29, 0.717) is 18.0 Å². The maximum atomic E-state index is 5.35. The minimum atomic E-state index is 0.580. The van der Waals surface area contributed by atoms with Gasteiger partial charge in [-0.3, -0.25) is 0 Å². The van der Waals surface area contributed by atoms with Crippen molar-refractivity contribution in [2.24, 2.45) is 0 Å². The highest BCUT2D eigenvalue weighted by atomic mass is 79.9. The number of ether oxygens (including phenoxy) is 2. The second-order valence-electron chi connectivity index (χ2n) is 3.88. The average molecular weight is 327 g/mol. The van der Waals surface area contributed by atoms with Gasteiger partial charge in [0.05, 0.1) is 25.2 Å². The highest BCUT2D eigenvalue weighted by molar-refractivity contribution is 9.10. The topological polar surface area (TPSA) is 62.1 Å². The molecule has 0 N–H and O–H groups in total. The molecule has 2 aromatic rings. The first-order valence-electron chi connectivity index (χ1n) is 5.85. The molecular formula is C12H15BrN4O2. The predicted molar refractivity (Wildman–Crippen MR) is 73.5 cm³/mol. The lowest BCUT2D eigenvalue weighted by molar-refractivity contribution is 0.352. The molecule has 0 aliphatic heterocycles. The van der Waals surface area contributed by atoms with Crippen LogP contribution < -0.4 is 9.47 Å². The van der Waals surface area contributed by atoms with Crippen molar-refractivity contribution >= 4 is 15.9 Å². The smallest absolute Gasteiger partial charge is 0.175 e. The highest BCUT2D eigenvalue weighted by Gasteiger charge is 2.14. The molecule has 0 aliphatic carbocycles. The molecule has 0 bridgehead atoms. The van der Waals surface area contributed by atoms with E-state index < -0.39 is 0 Å². The van der Waals surface area contributed by atoms with Gasteiger partial charge in [0, 0.05) is 6.42 Å². The summed E-state index contributed by atoms with van der Waals surface area (Å²) in [6, 6.07) is 3.83. The van der Waals surface area contributed by atoms with Crippen molar-refractivity contribution in [2.75, 3.05) is 14.2 Å². The Labute approximate surface area is 119 Å². The van der Waals surface area contributed by atoms with E-state index in [1.54, 1.807) is 18.9 Å². The number of methoxy groups -OCH3 is 2. The van der Waals surface area contributed by atoms with Crippen molar-refractivity contribution in [1.29, 1.82) is 0 Å². The lowest BCUT2D eigenvalue weighted by atomic mass is 10.2. The molecule has 7 heteroatoms. The number of hydrogen-bond acceptors (Lipinski definition) is 5. The molecule has 1 heterocycles. The van der Waals surface area contributed by atoms with Crippen LogP contribution in [0.3, 0.4) is 0 Å². The first kappa shape index (κ1) is 13.8. The number of tetrazole rings is 1. The normalized spacial score (nSPS) is 10.5. The Hall–Kier alpha value is -1.63. The number of hydrogen-bond donors (Lipinski definition) is 0. The molecule has 0 saturated heterocycles. The summed E-state index contributed by atoms with van der Waals surface area (Å²) in [5, 5.41) is 11.6. The molecule has 102 valence electrons. The van der Waals surface area contributed by atoms with Crippen LogP contribution in [0.2, 0.25) is 0 Å². The Bertz CT molecular complexity index is 571. The third-order valence-electron chi connectivity index (χ3n) is 2.81. The molecule has 0 radical (unpaired) electrons. The summed E-state index contributed by atoms with van der Waals surface area (Å²) in [5.41, 5.74) is 1.03. The fourth-order valence-electron chi connectivity index (χ4n) is 1.81. The first-order valence-corrected chi connectivity index (χ1v) is 6.65. The van der Waals surface area contributed by atoms with Crippen LogP contribution in [0.25, 0.3) is 0 Å². The number of aryl methyl sites for hydroxylation is 1. The average Bonchev–Trinajstić information content (AvgIpc) is 2.88. The molecule has 1 aromatic carbocycles. The number of benzene rings is 1. The second-order valence-corrected chi connectivity index (χ2v) is 4.67. The van der Waals surface area contributed by atoms with Gasteiger partial charge in [-0.1, -0.05) is 13.0 Å². The quantitative estimate of drug-likeness (QED) is 0.841. The third-order valence-corrected chi connectivity index (χ3v) is 3.68. The van der Waals surface area contributed by atoms with Gasteiger partial charge in [0.2, 0.25) is 0 Å². The molecule has 0 saturated carbocycles. The largest absolute Gasteiger partial charge is 0.493 e. The molecule has 1 aromatic heterocycles. The minimum Gasteiger partial charge on any atom is -0.493 e. The van der Waals surface area contributed by atoms with Gasteiger partial charge in [-0.25, -0.2) is 4.68 Å². The molecule has 0 fully saturated rings. The third kappa shape index (κ3) is 2.70. The first-order chi connectivity index (χ1) is 9.21. The number of nitrogens with zero attached hydrogens (tertiary/aromatic N) is 4. The van der Waals surface area contributed by atoms with Crippen LogP contribution in [0, 0.1) is 0 Å². The van der Waals surface area contributed by atoms with Crippen LogP contribution in [-0.4, -0.2) is 34.4 Å². The van der Waals surface area contributed by atoms with Crippen LogP contribution in [-0.2, 0) is 13.0 Å². The molecule has 0 atom stereocenters. The van der Waals surface area contributed by atoms with Crippen LogP contribution in [0.1, 0.15) is 18.3 Å². The minimum absolute atomic E-state index is 0.580. The standard InChI is InChI=1S/C12H15BrN4O2/c1-4-10-14-15-16-17(10)7-8-5-6-9(18-2)12(19-3)11(8)13/h5-6H,4,7H2,1-3H3. The maximum absolute atomic E-state index is 5.35. The lowest BCUT2D eigenvalue weighted by Gasteiger charge is -2.13. The van der Waals surface area contributed by atoms with Crippen molar-refractivity contribution in [3.63, 3.8) is 0 Å². The number of rotatable bonds is 5. The zero-order chi connectivity index (χ0) is 13.8. The van der Waals surface area contributed by atoms with Gasteiger partial charge in [-0.05, 0) is 38.0 Å². The lowest BCUT2D eigenvalue weighted by Crippen LogP contribution is -2.07. The van der Waals surface area contributed by atoms with E-state index >= 15 is 0 Å². The Kier molecular flexibility index (Phi) is 4.36. The van der Waals surface area contributed by atoms with Gasteiger partial charge in [0.15, 0.2) is 17.3 Å². The van der Waals surface area contributed by atoms with E-state index in [4.69, 9.17) is 9.47 Å². The Morgan fingerprint density at radius 3 is 2.68 bits per heavy atom. The van der Waals surface area contributed by atoms with E-state index in [0.717, 1.165) is 22.3 Å². The van der Waals surface area contributed by atoms with E-state index in [9.17, 15) is 0 Å². The van der Waals surface area contributed by atoms with Crippen molar-refractivity contribution in [2.45, 2.75) is 19.9 Å². The molecule has 6 nitrogen and oxygen atoms in total. The van der Waals surface area contributed by atoms with Crippen molar-refractivity contribution < 1.29 is 9.47 Å². The zero-order valence-corrected chi connectivity index (χ0v) is 12.6. The Balaban J connectivity index is 2.36. The molecule has 0 spiro atoms. The summed E-state index contributed by atoms with van der Waals surface area (Å²) >= 11 is 3.54. The monoisotopic (exact) mass is 326 g/mol. The summed E-state index contributed by atoms with van der Waals surface area (Å²) in [7, 11) is 3.22. The van der Waals surface area contributed by atoms with Crippen molar-refractivity contribution in [3.8, 4) is 11.5 Å². The molecule has 2 rings (SSSR count). The SMILES string of the molecule is CCc1nnnn1Cc1ccc(OC)c(OC)c1Br. The molecule has 0 amide bonds. The van der Waals surface area contributed by atoms with Crippen LogP contribution >= 0.6 is 15.9 Å². The Morgan fingerprint density at radius 2 is 2.05 bits per heavy atom. The van der Waals surface area contributed by atoms with Gasteiger partial charge in [0.1, 0.15) is 0 Å². The summed E-state index contributed by atoms with van der Waals surface area (Å²) < 4.78 is 13.2. The molecular weight excluding hydrogens is 312 g/mol. The summed E-state index contributed by atoms with van der Waals surface area (Å²) in [6.07, 6.45) is 0.790. The van der Waals surface area contributed by atoms with E-state index in [1.165, 1.54) is 0 Å². The predicted octanol–water partition coefficient (Wildman–Crippen LogP) is 2.06. The summed E-state index contributed by atoms with van der Waals surface area (Å²) in [4.78, 5) is 0. The summed E-state index contributed by atoms with van der Waals surface area (Å²) in [6.45, 7) is 2.60. The van der Waals surface area contributed by atoms with Gasteiger partial charge in [0.25, 0.3) is 0 Å². The highest BCUT2D eigenvalue weighted by Crippen LogP contribution is 2.37. The molecule has 19 heavy (non-hydrogen) atoms. The van der Waals surface area contributed by atoms with Gasteiger partial charge in [-0.15, -0.1) is 5.10 Å². The fraction of sp³-hybridized carbons (Fsp3) is 0.417. The number of halogens is 1. The fourth-order valence-corrected chi connectivity index (χ4v) is 2.43. The van der Waals surface area contributed by atoms with E-state index in [1.807, 2.05) is 19.1 Å². The van der Waals surface area contributed by atoms with Crippen LogP contribution in [0.4, 0.5) is 0 Å². The zero-order valence-electron chi connectivity index (χ0n) is 11.1. The van der Waals surface area contributed by atoms with Gasteiger partial charge in [-0.2, -0.15) is 0 Å². The van der Waals surface area contributed by atoms with E-state index in [-0.39, 0.29) is 0 Å². The van der Waals surface area contributed by atoms with Crippen molar-refractivity contribution in [3.05, 3.63) is 28.0 Å². The van der Waals surface area contributed by atoms with Gasteiger partial charge < -0.3 is 9.47 Å². The number of aromatic nitrogens is 4. The van der Waals surface area contributed by atoms with E-state index in [2.05, 4.69) is 31.5 Å². The van der Waals surface area contributed by atoms with Crippen LogP contribution in [0.5, 0.6) is 11.5 Å². The molecule has 0 unspecified atom stereocenters. The summed E-state index contributed by atoms with van der Waals surface area (Å²) in [5.74, 6) is 2.21. The maximum Gasteiger partial charge on any atom is 0.175 e. The second kappa shape index (κ2) is 6.01. The van der Waals surface area contributed by atoms with Gasteiger partial charge >= 0.3 is 0 Å². The van der Waals surface area contributed by atoms with Crippen LogP contribution in [0.15, 0.2) is 16.6 Å².